The number of nitrogens with two attached hydrogens (primary N) is 1. The fourth-order valence-corrected chi connectivity index (χ4v) is 1.87. The minimum atomic E-state index is -0.0968. The third-order valence-corrected chi connectivity index (χ3v) is 2.95. The summed E-state index contributed by atoms with van der Waals surface area (Å²) in [5.41, 5.74) is 6.85. The molecule has 0 saturated heterocycles. The molecule has 2 heterocycles. The van der Waals surface area contributed by atoms with Crippen LogP contribution in [-0.4, -0.2) is 29.7 Å². The Bertz CT molecular complexity index is 638. The third kappa shape index (κ3) is 1.93. The number of hydrogen-bond acceptors (Lipinski definition) is 6. The van der Waals surface area contributed by atoms with Crippen molar-refractivity contribution in [1.29, 1.82) is 0 Å². The summed E-state index contributed by atoms with van der Waals surface area (Å²) in [5, 5.41) is 3.84. The first-order valence-corrected chi connectivity index (χ1v) is 5.75. The molecule has 2 aromatic rings. The predicted octanol–water partition coefficient (Wildman–Crippen LogP) is 0.550. The van der Waals surface area contributed by atoms with Crippen LogP contribution in [0.2, 0.25) is 0 Å². The van der Waals surface area contributed by atoms with Crippen LogP contribution in [0.25, 0.3) is 11.4 Å². The van der Waals surface area contributed by atoms with Crippen molar-refractivity contribution >= 4 is 11.6 Å². The second-order valence-electron chi connectivity index (χ2n) is 4.14. The smallest absolute Gasteiger partial charge is 0.264 e. The van der Waals surface area contributed by atoms with Crippen molar-refractivity contribution in [3.8, 4) is 17.1 Å². The number of nitrogens with zero attached hydrogens (tertiary/aromatic N) is 3. The minimum Gasteiger partial charge on any atom is -0.482 e. The Labute approximate surface area is 109 Å². The van der Waals surface area contributed by atoms with Crippen LogP contribution in [0.3, 0.4) is 0 Å². The lowest BCUT2D eigenvalue weighted by molar-refractivity contribution is -0.120. The molecule has 0 aliphatic carbocycles. The van der Waals surface area contributed by atoms with Gasteiger partial charge in [-0.3, -0.25) is 4.79 Å². The zero-order chi connectivity index (χ0) is 13.4. The summed E-state index contributed by atoms with van der Waals surface area (Å²) in [6.45, 7) is 0.252. The van der Waals surface area contributed by atoms with E-state index < -0.39 is 0 Å². The molecule has 7 nitrogen and oxygen atoms in total. The Morgan fingerprint density at radius 3 is 3.05 bits per heavy atom. The molecular formula is C12H12N4O3. The largest absolute Gasteiger partial charge is 0.482 e. The summed E-state index contributed by atoms with van der Waals surface area (Å²) < 4.78 is 10.3. The van der Waals surface area contributed by atoms with E-state index in [4.69, 9.17) is 15.0 Å². The van der Waals surface area contributed by atoms with E-state index in [0.29, 0.717) is 23.2 Å². The Hall–Kier alpha value is -2.41. The number of carbonyl (C=O) groups excluding carboxylic acids is 1. The number of fused-ring (bicyclic) bond motifs is 1. The van der Waals surface area contributed by atoms with Crippen molar-refractivity contribution in [2.24, 2.45) is 5.73 Å². The molecule has 0 spiro atoms. The maximum atomic E-state index is 11.6. The summed E-state index contributed by atoms with van der Waals surface area (Å²) >= 11 is 0. The second-order valence-corrected chi connectivity index (χ2v) is 4.14. The lowest BCUT2D eigenvalue weighted by atomic mass is 10.1. The van der Waals surface area contributed by atoms with Crippen molar-refractivity contribution in [1.82, 2.24) is 10.1 Å². The monoisotopic (exact) mass is 260 g/mol. The molecule has 98 valence electrons. The summed E-state index contributed by atoms with van der Waals surface area (Å²) in [5.74, 6) is 1.37. The molecule has 1 aliphatic heterocycles. The van der Waals surface area contributed by atoms with E-state index in [1.54, 1.807) is 24.1 Å². The highest BCUT2D eigenvalue weighted by atomic mass is 16.5. The van der Waals surface area contributed by atoms with E-state index in [-0.39, 0.29) is 19.1 Å². The summed E-state index contributed by atoms with van der Waals surface area (Å²) in [6.07, 6.45) is 0. The van der Waals surface area contributed by atoms with Gasteiger partial charge in [0.15, 0.2) is 6.61 Å². The van der Waals surface area contributed by atoms with Crippen molar-refractivity contribution in [3.05, 3.63) is 24.1 Å². The molecular weight excluding hydrogens is 248 g/mol. The predicted molar refractivity (Wildman–Crippen MR) is 66.5 cm³/mol. The maximum absolute atomic E-state index is 11.6. The molecule has 0 radical (unpaired) electrons. The molecule has 3 rings (SSSR count). The van der Waals surface area contributed by atoms with Gasteiger partial charge in [-0.25, -0.2) is 0 Å². The average Bonchev–Trinajstić information content (AvgIpc) is 2.92. The standard InChI is InChI=1S/C12H12N4O3/c1-16-8-4-7(12-14-10(5-13)19-15-12)2-3-9(8)18-6-11(16)17/h2-4H,5-6,13H2,1H3. The van der Waals surface area contributed by atoms with Crippen molar-refractivity contribution in [2.75, 3.05) is 18.6 Å². The van der Waals surface area contributed by atoms with Crippen LogP contribution >= 0.6 is 0 Å². The van der Waals surface area contributed by atoms with Crippen molar-refractivity contribution in [3.63, 3.8) is 0 Å². The van der Waals surface area contributed by atoms with Gasteiger partial charge in [0.1, 0.15) is 5.75 Å². The number of benzene rings is 1. The Morgan fingerprint density at radius 1 is 1.47 bits per heavy atom. The van der Waals surface area contributed by atoms with Gasteiger partial charge in [-0.15, -0.1) is 0 Å². The fourth-order valence-electron chi connectivity index (χ4n) is 1.87. The zero-order valence-corrected chi connectivity index (χ0v) is 10.3. The molecule has 1 aromatic carbocycles. The summed E-state index contributed by atoms with van der Waals surface area (Å²) in [7, 11) is 1.70. The highest BCUT2D eigenvalue weighted by Crippen LogP contribution is 2.34. The van der Waals surface area contributed by atoms with Gasteiger partial charge in [-0.2, -0.15) is 4.98 Å². The number of ether oxygens (including phenoxy) is 1. The van der Waals surface area contributed by atoms with Crippen LogP contribution < -0.4 is 15.4 Å². The highest BCUT2D eigenvalue weighted by Gasteiger charge is 2.23. The van der Waals surface area contributed by atoms with E-state index in [9.17, 15) is 4.79 Å². The van der Waals surface area contributed by atoms with Gasteiger partial charge in [-0.1, -0.05) is 5.16 Å². The zero-order valence-electron chi connectivity index (χ0n) is 10.3. The SMILES string of the molecule is CN1C(=O)COc2ccc(-c3noc(CN)n3)cc21. The molecule has 0 bridgehead atoms. The van der Waals surface area contributed by atoms with Gasteiger partial charge in [0.2, 0.25) is 11.7 Å². The highest BCUT2D eigenvalue weighted by molar-refractivity contribution is 5.97. The van der Waals surface area contributed by atoms with Gasteiger partial charge >= 0.3 is 0 Å². The molecule has 0 fully saturated rings. The second kappa shape index (κ2) is 4.36. The van der Waals surface area contributed by atoms with E-state index in [0.717, 1.165) is 5.56 Å². The van der Waals surface area contributed by atoms with Crippen LogP contribution in [0.5, 0.6) is 5.75 Å². The Morgan fingerprint density at radius 2 is 2.32 bits per heavy atom. The van der Waals surface area contributed by atoms with Crippen molar-refractivity contribution < 1.29 is 14.1 Å². The lowest BCUT2D eigenvalue weighted by Crippen LogP contribution is -2.35. The molecule has 19 heavy (non-hydrogen) atoms. The normalized spacial score (nSPS) is 14.2. The van der Waals surface area contributed by atoms with Gasteiger partial charge in [0.05, 0.1) is 12.2 Å². The van der Waals surface area contributed by atoms with E-state index in [1.807, 2.05) is 6.07 Å². The van der Waals surface area contributed by atoms with Gasteiger partial charge in [-0.05, 0) is 18.2 Å². The maximum Gasteiger partial charge on any atom is 0.264 e. The first-order valence-electron chi connectivity index (χ1n) is 5.75. The van der Waals surface area contributed by atoms with Gasteiger partial charge in [0, 0.05) is 12.6 Å². The van der Waals surface area contributed by atoms with Crippen LogP contribution in [0, 0.1) is 0 Å². The number of carbonyl (C=O) groups is 1. The molecule has 7 heteroatoms. The summed E-state index contributed by atoms with van der Waals surface area (Å²) in [4.78, 5) is 17.3. The van der Waals surface area contributed by atoms with Gasteiger partial charge < -0.3 is 19.9 Å². The average molecular weight is 260 g/mol. The minimum absolute atomic E-state index is 0.0579. The van der Waals surface area contributed by atoms with Crippen molar-refractivity contribution in [2.45, 2.75) is 6.54 Å². The fraction of sp³-hybridized carbons (Fsp3) is 0.250. The van der Waals surface area contributed by atoms with Crippen LogP contribution in [0.1, 0.15) is 5.89 Å². The number of hydrogen-bond donors (Lipinski definition) is 1. The van der Waals surface area contributed by atoms with Crippen LogP contribution in [0.15, 0.2) is 22.7 Å². The first kappa shape index (κ1) is 11.7. The molecule has 1 aromatic heterocycles. The van der Waals surface area contributed by atoms with E-state index >= 15 is 0 Å². The Balaban J connectivity index is 2.03. The number of amides is 1. The molecule has 2 N–H and O–H groups in total. The quantitative estimate of drug-likeness (QED) is 0.847. The van der Waals surface area contributed by atoms with E-state index in [2.05, 4.69) is 10.1 Å². The lowest BCUT2D eigenvalue weighted by Gasteiger charge is -2.26. The summed E-state index contributed by atoms with van der Waals surface area (Å²) in [6, 6.07) is 5.39. The number of likely N-dealkylation sites (N-methyl/N-ethyl adjacent to an activating group) is 1. The molecule has 0 unspecified atom stereocenters. The molecule has 1 aliphatic rings. The number of aromatic nitrogens is 2. The molecule has 1 amide bonds. The van der Waals surface area contributed by atoms with Crippen LogP contribution in [-0.2, 0) is 11.3 Å². The molecule has 0 saturated carbocycles. The Kier molecular flexibility index (Phi) is 2.68. The number of anilines is 1. The van der Waals surface area contributed by atoms with E-state index in [1.165, 1.54) is 0 Å². The first-order chi connectivity index (χ1) is 9.19. The topological polar surface area (TPSA) is 94.5 Å². The number of rotatable bonds is 2. The third-order valence-electron chi connectivity index (χ3n) is 2.95. The van der Waals surface area contributed by atoms with Gasteiger partial charge in [0.25, 0.3) is 5.91 Å². The van der Waals surface area contributed by atoms with Crippen LogP contribution in [0.4, 0.5) is 5.69 Å². The molecule has 0 atom stereocenters.